The van der Waals surface area contributed by atoms with Crippen molar-refractivity contribution in [2.24, 2.45) is 17.8 Å². The summed E-state index contributed by atoms with van der Waals surface area (Å²) in [4.78, 5) is 98.1. The molecule has 0 saturated heterocycles. The summed E-state index contributed by atoms with van der Waals surface area (Å²) in [6, 6.07) is 4.97. The van der Waals surface area contributed by atoms with E-state index in [0.29, 0.717) is 18.4 Å². The van der Waals surface area contributed by atoms with Gasteiger partial charge in [-0.25, -0.2) is 9.59 Å². The maximum atomic E-state index is 14.1. The number of amides is 5. The van der Waals surface area contributed by atoms with Gasteiger partial charge < -0.3 is 40.3 Å². The van der Waals surface area contributed by atoms with Gasteiger partial charge in [0, 0.05) is 25.6 Å². The molecule has 1 aromatic rings. The molecule has 2 rings (SSSR count). The molecule has 5 amide bonds. The van der Waals surface area contributed by atoms with Gasteiger partial charge in [0.2, 0.25) is 23.6 Å². The topological polar surface area (TPSA) is 201 Å². The van der Waals surface area contributed by atoms with Gasteiger partial charge in [-0.15, -0.1) is 0 Å². The number of rotatable bonds is 8. The van der Waals surface area contributed by atoms with E-state index in [0.717, 1.165) is 5.56 Å². The molecule has 1 unspecified atom stereocenters. The number of nitrogens with zero attached hydrogens (tertiary/aromatic N) is 2. The third-order valence-corrected chi connectivity index (χ3v) is 11.1. The van der Waals surface area contributed by atoms with Gasteiger partial charge in [0.15, 0.2) is 6.10 Å². The third kappa shape index (κ3) is 15.2. The highest BCUT2D eigenvalue weighted by Crippen LogP contribution is 2.24. The van der Waals surface area contributed by atoms with Gasteiger partial charge in [0.05, 0.1) is 12.6 Å². The quantitative estimate of drug-likeness (QED) is 0.222. The lowest BCUT2D eigenvalue weighted by Crippen LogP contribution is -2.57. The van der Waals surface area contributed by atoms with Crippen molar-refractivity contribution in [2.45, 2.75) is 144 Å². The van der Waals surface area contributed by atoms with Crippen molar-refractivity contribution in [3.05, 3.63) is 59.2 Å². The van der Waals surface area contributed by atoms with Crippen molar-refractivity contribution in [3.8, 4) is 0 Å². The lowest BCUT2D eigenvalue weighted by atomic mass is 9.90. The molecule has 0 radical (unpaired) electrons. The fourth-order valence-electron chi connectivity index (χ4n) is 6.75. The van der Waals surface area contributed by atoms with Crippen molar-refractivity contribution in [1.29, 1.82) is 0 Å². The van der Waals surface area contributed by atoms with Gasteiger partial charge in [-0.05, 0) is 83.3 Å². The second-order valence-corrected chi connectivity index (χ2v) is 16.5. The van der Waals surface area contributed by atoms with Crippen LogP contribution in [0.25, 0.3) is 0 Å². The van der Waals surface area contributed by atoms with Crippen molar-refractivity contribution in [3.63, 3.8) is 0 Å². The second kappa shape index (κ2) is 24.3. The summed E-state index contributed by atoms with van der Waals surface area (Å²) >= 11 is 0. The van der Waals surface area contributed by atoms with Crippen LogP contribution in [-0.4, -0.2) is 120 Å². The highest BCUT2D eigenvalue weighted by atomic mass is 16.6. The molecule has 334 valence electrons. The summed E-state index contributed by atoms with van der Waals surface area (Å²) in [5, 5.41) is 19.3. The predicted molar refractivity (Wildman–Crippen MR) is 228 cm³/mol. The number of hydrogen-bond acceptors (Lipinski definition) is 10. The molecule has 0 spiro atoms. The van der Waals surface area contributed by atoms with Crippen LogP contribution in [0.4, 0.5) is 0 Å². The highest BCUT2D eigenvalue weighted by molar-refractivity contribution is 5.96. The third-order valence-electron chi connectivity index (χ3n) is 11.1. The van der Waals surface area contributed by atoms with Gasteiger partial charge >= 0.3 is 11.9 Å². The monoisotopic (exact) mass is 840 g/mol. The number of hydrogen-bond donors (Lipinski definition) is 4. The summed E-state index contributed by atoms with van der Waals surface area (Å²) < 4.78 is 11.5. The summed E-state index contributed by atoms with van der Waals surface area (Å²) in [6.07, 6.45) is 1.22. The van der Waals surface area contributed by atoms with Crippen LogP contribution in [-0.2, 0) is 49.5 Å². The van der Waals surface area contributed by atoms with Crippen molar-refractivity contribution >= 4 is 41.5 Å². The predicted octanol–water partition coefficient (Wildman–Crippen LogP) is 3.63. The van der Waals surface area contributed by atoms with Crippen molar-refractivity contribution in [1.82, 2.24) is 25.8 Å². The van der Waals surface area contributed by atoms with Gasteiger partial charge in [-0.2, -0.15) is 0 Å². The first-order valence-electron chi connectivity index (χ1n) is 21.0. The molecule has 1 aromatic carbocycles. The molecule has 60 heavy (non-hydrogen) atoms. The van der Waals surface area contributed by atoms with E-state index in [1.807, 2.05) is 51.1 Å². The fraction of sp³-hybridized carbons (Fsp3) is 0.622. The zero-order valence-corrected chi connectivity index (χ0v) is 37.6. The van der Waals surface area contributed by atoms with E-state index in [2.05, 4.69) is 16.0 Å². The molecule has 0 aromatic heterocycles. The number of benzene rings is 1. The Labute approximate surface area is 356 Å². The van der Waals surface area contributed by atoms with Gasteiger partial charge in [-0.3, -0.25) is 24.0 Å². The maximum absolute atomic E-state index is 14.1. The number of allylic oxidation sites excluding steroid dienone is 1. The van der Waals surface area contributed by atoms with E-state index in [9.17, 15) is 38.7 Å². The largest absolute Gasteiger partial charge is 0.456 e. The van der Waals surface area contributed by atoms with Crippen LogP contribution in [0.5, 0.6) is 0 Å². The lowest BCUT2D eigenvalue weighted by molar-refractivity contribution is -0.155. The SMILES string of the molecule is C/C=C(\C)[C@H]1OC(=O)[C@@H](C)NC(=O)[C@H](C(C)CC)NC(=O)CN(C)C(=O)[C@@H](CCc2ccccc2)N(C)C(=O)[C@H](C)NC(=O)[C@@H](CC(C)C)OC(=O)/C(C)=C/C[C@H](O)[C@@H]1C. The minimum absolute atomic E-state index is 0.0199. The van der Waals surface area contributed by atoms with E-state index in [-0.39, 0.29) is 36.7 Å². The van der Waals surface area contributed by atoms with E-state index in [1.165, 1.54) is 50.7 Å². The summed E-state index contributed by atoms with van der Waals surface area (Å²) in [7, 11) is 2.88. The Kier molecular flexibility index (Phi) is 20.7. The molecule has 0 aliphatic carbocycles. The number of aliphatic hydroxyl groups is 1. The minimum atomic E-state index is -1.26. The lowest BCUT2D eigenvalue weighted by Gasteiger charge is -2.33. The van der Waals surface area contributed by atoms with Crippen LogP contribution in [0.3, 0.4) is 0 Å². The number of cyclic esters (lactones) is 2. The number of likely N-dealkylation sites (N-methyl/N-ethyl adjacent to an activating group) is 2. The zero-order chi connectivity index (χ0) is 45.4. The van der Waals surface area contributed by atoms with E-state index in [4.69, 9.17) is 9.47 Å². The fourth-order valence-corrected chi connectivity index (χ4v) is 6.75. The molecule has 0 saturated carbocycles. The Bertz CT molecular complexity index is 1710. The van der Waals surface area contributed by atoms with Crippen molar-refractivity contribution in [2.75, 3.05) is 20.6 Å². The first-order valence-corrected chi connectivity index (χ1v) is 21.0. The number of esters is 2. The van der Waals surface area contributed by atoms with Gasteiger partial charge in [-0.1, -0.05) is 83.5 Å². The standard InChI is InChI=1S/C45H69N5O10/c1-13-27(5)38-41(54)47-32(10)45(58)60-39(28(6)14-2)30(8)35(51)23-20-29(7)44(57)59-36(24-26(3)4)40(53)46-31(9)42(55)50(12)34(22-21-33-18-16-15-17-19-33)43(56)49(11)25-37(52)48-38/h14-20,26-27,30-32,34-36,38-39,51H,13,21-25H2,1-12H3,(H,46,53)(H,47,54)(H,48,52)/b28-14+,29-20+/t27?,30-,31-,32+,34+,35-,36+,38-,39+/m0/s1. The molecule has 1 heterocycles. The number of ether oxygens (including phenoxy) is 2. The maximum Gasteiger partial charge on any atom is 0.334 e. The first-order chi connectivity index (χ1) is 28.1. The summed E-state index contributed by atoms with van der Waals surface area (Å²) in [5.41, 5.74) is 1.70. The van der Waals surface area contributed by atoms with E-state index in [1.54, 1.807) is 33.8 Å². The minimum Gasteiger partial charge on any atom is -0.456 e. The van der Waals surface area contributed by atoms with Crippen molar-refractivity contribution < 1.29 is 48.1 Å². The molecule has 1 aliphatic heterocycles. The Morgan fingerprint density at radius 1 is 0.900 bits per heavy atom. The summed E-state index contributed by atoms with van der Waals surface area (Å²) in [6.45, 7) is 16.5. The van der Waals surface area contributed by atoms with Crippen LogP contribution in [0.15, 0.2) is 53.6 Å². The van der Waals surface area contributed by atoms with Crippen LogP contribution in [0.1, 0.15) is 100 Å². The summed E-state index contributed by atoms with van der Waals surface area (Å²) in [5.74, 6) is -5.76. The number of nitrogens with one attached hydrogen (secondary N) is 3. The van der Waals surface area contributed by atoms with Crippen LogP contribution in [0.2, 0.25) is 0 Å². The molecular weight excluding hydrogens is 771 g/mol. The number of aliphatic hydroxyl groups excluding tert-OH is 1. The Balaban J connectivity index is 2.60. The number of carbonyl (C=O) groups excluding carboxylic acids is 7. The molecular formula is C45H69N5O10. The highest BCUT2D eigenvalue weighted by Gasteiger charge is 2.36. The van der Waals surface area contributed by atoms with Crippen LogP contribution in [0, 0.1) is 17.8 Å². The normalized spacial score (nSPS) is 28.5. The molecule has 0 bridgehead atoms. The molecule has 9 atom stereocenters. The number of carbonyl (C=O) groups is 7. The Morgan fingerprint density at radius 2 is 1.52 bits per heavy atom. The number of aryl methyl sites for hydroxylation is 1. The average molecular weight is 840 g/mol. The molecule has 15 heteroatoms. The van der Waals surface area contributed by atoms with E-state index >= 15 is 0 Å². The smallest absolute Gasteiger partial charge is 0.334 e. The molecule has 0 fully saturated rings. The van der Waals surface area contributed by atoms with Gasteiger partial charge in [0.1, 0.15) is 30.3 Å². The first kappa shape index (κ1) is 51.1. The molecule has 15 nitrogen and oxygen atoms in total. The second-order valence-electron chi connectivity index (χ2n) is 16.5. The van der Waals surface area contributed by atoms with Crippen LogP contribution < -0.4 is 16.0 Å². The van der Waals surface area contributed by atoms with E-state index < -0.39 is 96.4 Å². The van der Waals surface area contributed by atoms with Gasteiger partial charge in [0.25, 0.3) is 5.91 Å². The zero-order valence-electron chi connectivity index (χ0n) is 37.6. The average Bonchev–Trinajstić information content (AvgIpc) is 3.21. The Morgan fingerprint density at radius 3 is 2.10 bits per heavy atom. The molecule has 1 aliphatic rings. The van der Waals surface area contributed by atoms with Crippen LogP contribution >= 0.6 is 0 Å². The molecule has 4 N–H and O–H groups in total. The Hall–Kier alpha value is -5.05.